The van der Waals surface area contributed by atoms with Gasteiger partial charge in [-0.1, -0.05) is 20.8 Å². The maximum Gasteiger partial charge on any atom is 0.148 e. The lowest BCUT2D eigenvalue weighted by atomic mass is 9.88. The van der Waals surface area contributed by atoms with E-state index >= 15 is 0 Å². The predicted octanol–water partition coefficient (Wildman–Crippen LogP) is 1.53. The van der Waals surface area contributed by atoms with Crippen LogP contribution < -0.4 is 5.73 Å². The third-order valence-electron chi connectivity index (χ3n) is 2.08. The quantitative estimate of drug-likeness (QED) is 0.807. The summed E-state index contributed by atoms with van der Waals surface area (Å²) in [6.07, 6.45) is 1.27. The minimum absolute atomic E-state index is 0.0783. The maximum atomic E-state index is 11.0. The van der Waals surface area contributed by atoms with Crippen LogP contribution in [0.5, 0.6) is 0 Å². The summed E-state index contributed by atoms with van der Waals surface area (Å²) < 4.78 is 22.0. The van der Waals surface area contributed by atoms with Crippen molar-refractivity contribution < 1.29 is 8.42 Å². The van der Waals surface area contributed by atoms with Gasteiger partial charge in [0.05, 0.1) is 5.75 Å². The van der Waals surface area contributed by atoms with Crippen molar-refractivity contribution in [3.63, 3.8) is 0 Å². The molecule has 0 aliphatic heterocycles. The Labute approximate surface area is 98.1 Å². The first kappa shape index (κ1) is 15.3. The molecule has 0 saturated heterocycles. The van der Waals surface area contributed by atoms with Crippen LogP contribution in [-0.2, 0) is 9.84 Å². The number of thioether (sulfide) groups is 1. The largest absolute Gasteiger partial charge is 0.327 e. The van der Waals surface area contributed by atoms with E-state index in [-0.39, 0.29) is 17.2 Å². The van der Waals surface area contributed by atoms with Gasteiger partial charge >= 0.3 is 0 Å². The molecule has 0 bridgehead atoms. The van der Waals surface area contributed by atoms with Crippen molar-refractivity contribution in [3.8, 4) is 0 Å². The maximum absolute atomic E-state index is 11.0. The summed E-state index contributed by atoms with van der Waals surface area (Å²) in [4.78, 5) is 0. The van der Waals surface area contributed by atoms with Crippen LogP contribution in [0.1, 0.15) is 27.7 Å². The van der Waals surface area contributed by atoms with Crippen molar-refractivity contribution >= 4 is 21.6 Å². The van der Waals surface area contributed by atoms with Crippen molar-refractivity contribution in [2.24, 2.45) is 11.1 Å². The van der Waals surface area contributed by atoms with Gasteiger partial charge in [0, 0.05) is 23.3 Å². The number of sulfone groups is 1. The van der Waals surface area contributed by atoms with Crippen molar-refractivity contribution in [1.29, 1.82) is 0 Å². The van der Waals surface area contributed by atoms with E-state index in [2.05, 4.69) is 20.8 Å². The van der Waals surface area contributed by atoms with Crippen LogP contribution in [0.25, 0.3) is 0 Å². The first-order chi connectivity index (χ1) is 6.54. The molecule has 0 fully saturated rings. The third kappa shape index (κ3) is 7.19. The molecule has 2 atom stereocenters. The second-order valence-electron chi connectivity index (χ2n) is 5.15. The number of hydrogen-bond acceptors (Lipinski definition) is 4. The van der Waals surface area contributed by atoms with Gasteiger partial charge in [0.1, 0.15) is 9.84 Å². The molecule has 0 heterocycles. The molecule has 0 aromatic carbocycles. The highest BCUT2D eigenvalue weighted by Crippen LogP contribution is 2.32. The average molecular weight is 253 g/mol. The van der Waals surface area contributed by atoms with E-state index in [1.807, 2.05) is 6.92 Å². The summed E-state index contributed by atoms with van der Waals surface area (Å²) in [7, 11) is -2.85. The summed E-state index contributed by atoms with van der Waals surface area (Å²) in [6, 6.07) is 0.0783. The van der Waals surface area contributed by atoms with Crippen LogP contribution in [0.3, 0.4) is 0 Å². The fourth-order valence-electron chi connectivity index (χ4n) is 1.52. The lowest BCUT2D eigenvalue weighted by Crippen LogP contribution is -2.39. The first-order valence-corrected chi connectivity index (χ1v) is 8.20. The summed E-state index contributed by atoms with van der Waals surface area (Å²) in [5, 5.41) is 0.291. The van der Waals surface area contributed by atoms with Crippen molar-refractivity contribution in [1.82, 2.24) is 0 Å². The van der Waals surface area contributed by atoms with E-state index in [1.54, 1.807) is 11.8 Å². The molecule has 0 amide bonds. The van der Waals surface area contributed by atoms with Crippen LogP contribution in [0, 0.1) is 5.41 Å². The van der Waals surface area contributed by atoms with Gasteiger partial charge in [-0.2, -0.15) is 11.8 Å². The molecule has 0 aliphatic carbocycles. The molecule has 2 unspecified atom stereocenters. The fraction of sp³-hybridized carbons (Fsp3) is 1.00. The van der Waals surface area contributed by atoms with Gasteiger partial charge in [-0.25, -0.2) is 8.42 Å². The standard InChI is InChI=1S/C10H23NO2S2/c1-8(11)9(10(2,3)4)14-6-7-15(5,12)13/h8-9H,6-7,11H2,1-5H3. The van der Waals surface area contributed by atoms with Gasteiger partial charge in [0.15, 0.2) is 0 Å². The van der Waals surface area contributed by atoms with Crippen LogP contribution in [0.2, 0.25) is 0 Å². The second-order valence-corrected chi connectivity index (χ2v) is 8.66. The molecule has 15 heavy (non-hydrogen) atoms. The van der Waals surface area contributed by atoms with E-state index in [9.17, 15) is 8.42 Å². The fourth-order valence-corrected chi connectivity index (χ4v) is 4.17. The van der Waals surface area contributed by atoms with Crippen LogP contribution in [-0.4, -0.2) is 37.5 Å². The molecule has 2 N–H and O–H groups in total. The Kier molecular flexibility index (Phi) is 5.64. The molecule has 0 aromatic heterocycles. The lowest BCUT2D eigenvalue weighted by Gasteiger charge is -2.33. The normalized spacial score (nSPS) is 17.5. The Morgan fingerprint density at radius 3 is 2.07 bits per heavy atom. The van der Waals surface area contributed by atoms with E-state index in [4.69, 9.17) is 5.73 Å². The van der Waals surface area contributed by atoms with Gasteiger partial charge in [-0.05, 0) is 12.3 Å². The molecule has 5 heteroatoms. The minimum atomic E-state index is -2.85. The van der Waals surface area contributed by atoms with Crippen LogP contribution >= 0.6 is 11.8 Å². The summed E-state index contributed by atoms with van der Waals surface area (Å²) >= 11 is 1.66. The van der Waals surface area contributed by atoms with Crippen LogP contribution in [0.15, 0.2) is 0 Å². The average Bonchev–Trinajstić information content (AvgIpc) is 1.92. The van der Waals surface area contributed by atoms with Gasteiger partial charge in [-0.15, -0.1) is 0 Å². The van der Waals surface area contributed by atoms with Gasteiger partial charge in [0.2, 0.25) is 0 Å². The van der Waals surface area contributed by atoms with Crippen molar-refractivity contribution in [3.05, 3.63) is 0 Å². The van der Waals surface area contributed by atoms with E-state index < -0.39 is 9.84 Å². The molecule has 0 saturated carbocycles. The zero-order chi connectivity index (χ0) is 12.3. The molecule has 0 radical (unpaired) electrons. The van der Waals surface area contributed by atoms with Crippen LogP contribution in [0.4, 0.5) is 0 Å². The summed E-state index contributed by atoms with van der Waals surface area (Å²) in [5.41, 5.74) is 6.01. The molecule has 0 spiro atoms. The molecular formula is C10H23NO2S2. The number of rotatable bonds is 5. The monoisotopic (exact) mass is 253 g/mol. The Bertz CT molecular complexity index is 278. The molecule has 0 aliphatic rings. The highest BCUT2D eigenvalue weighted by atomic mass is 32.2. The van der Waals surface area contributed by atoms with E-state index in [1.165, 1.54) is 6.26 Å². The minimum Gasteiger partial charge on any atom is -0.327 e. The van der Waals surface area contributed by atoms with Crippen molar-refractivity contribution in [2.45, 2.75) is 39.0 Å². The molecule has 0 rings (SSSR count). The highest BCUT2D eigenvalue weighted by molar-refractivity contribution is 8.01. The predicted molar refractivity (Wildman–Crippen MR) is 69.1 cm³/mol. The topological polar surface area (TPSA) is 60.2 Å². The Morgan fingerprint density at radius 1 is 1.33 bits per heavy atom. The van der Waals surface area contributed by atoms with Gasteiger partial charge in [-0.3, -0.25) is 0 Å². The van der Waals surface area contributed by atoms with E-state index in [0.717, 1.165) is 0 Å². The Morgan fingerprint density at radius 2 is 1.80 bits per heavy atom. The molecule has 0 aromatic rings. The van der Waals surface area contributed by atoms with Gasteiger partial charge < -0.3 is 5.73 Å². The number of nitrogens with two attached hydrogens (primary N) is 1. The second kappa shape index (κ2) is 5.55. The molecular weight excluding hydrogens is 230 g/mol. The smallest absolute Gasteiger partial charge is 0.148 e. The van der Waals surface area contributed by atoms with Crippen molar-refractivity contribution in [2.75, 3.05) is 17.8 Å². The first-order valence-electron chi connectivity index (χ1n) is 5.09. The Hall–Kier alpha value is 0.260. The Balaban J connectivity index is 4.22. The molecule has 3 nitrogen and oxygen atoms in total. The number of hydrogen-bond donors (Lipinski definition) is 1. The van der Waals surface area contributed by atoms with Gasteiger partial charge in [0.25, 0.3) is 0 Å². The summed E-state index contributed by atoms with van der Waals surface area (Å²) in [5.74, 6) is 0.860. The lowest BCUT2D eigenvalue weighted by molar-refractivity contribution is 0.364. The zero-order valence-electron chi connectivity index (χ0n) is 10.3. The highest BCUT2D eigenvalue weighted by Gasteiger charge is 2.28. The third-order valence-corrected chi connectivity index (χ3v) is 5.22. The molecule has 92 valence electrons. The SMILES string of the molecule is CC(N)C(SCCS(C)(=O)=O)C(C)(C)C. The van der Waals surface area contributed by atoms with E-state index in [0.29, 0.717) is 11.0 Å². The summed E-state index contributed by atoms with van der Waals surface area (Å²) in [6.45, 7) is 8.38. The zero-order valence-corrected chi connectivity index (χ0v) is 11.9.